The van der Waals surface area contributed by atoms with Crippen LogP contribution in [0.1, 0.15) is 16.7 Å². The van der Waals surface area contributed by atoms with Gasteiger partial charge in [0.15, 0.2) is 5.54 Å². The summed E-state index contributed by atoms with van der Waals surface area (Å²) in [6.07, 6.45) is 0. The number of rotatable bonds is 7. The van der Waals surface area contributed by atoms with Gasteiger partial charge in [-0.3, -0.25) is 0 Å². The maximum Gasteiger partial charge on any atom is 0.367 e. The summed E-state index contributed by atoms with van der Waals surface area (Å²) >= 11 is 0. The number of hydrogen-bond acceptors (Lipinski definition) is 3. The Hall–Kier alpha value is -2.95. The second kappa shape index (κ2) is 8.62. The van der Waals surface area contributed by atoms with Crippen LogP contribution in [0.5, 0.6) is 0 Å². The average Bonchev–Trinajstić information content (AvgIpc) is 2.76. The number of carbonyl (C=O) groups excluding carboxylic acids is 1. The molecular weight excluding hydrogens is 338 g/mol. The maximum absolute atomic E-state index is 12.3. The van der Waals surface area contributed by atoms with Crippen LogP contribution in [0.15, 0.2) is 91.0 Å². The highest BCUT2D eigenvalue weighted by atomic mass is 16.5. The van der Waals surface area contributed by atoms with Gasteiger partial charge in [0.05, 0.1) is 7.11 Å². The second-order valence-electron chi connectivity index (χ2n) is 6.38. The Morgan fingerprint density at radius 3 is 1.52 bits per heavy atom. The van der Waals surface area contributed by atoms with Crippen molar-refractivity contribution >= 4 is 5.97 Å². The molecule has 3 aromatic rings. The Labute approximate surface area is 159 Å². The van der Waals surface area contributed by atoms with Crippen molar-refractivity contribution in [3.8, 4) is 0 Å². The van der Waals surface area contributed by atoms with Crippen LogP contribution in [0.3, 0.4) is 0 Å². The van der Waals surface area contributed by atoms with E-state index in [0.717, 1.165) is 16.7 Å². The van der Waals surface area contributed by atoms with E-state index in [2.05, 4.69) is 0 Å². The van der Waals surface area contributed by atoms with Crippen LogP contribution in [0, 0.1) is 0 Å². The van der Waals surface area contributed by atoms with E-state index in [1.54, 1.807) is 0 Å². The highest BCUT2D eigenvalue weighted by Crippen LogP contribution is 2.33. The van der Waals surface area contributed by atoms with Crippen molar-refractivity contribution in [3.63, 3.8) is 0 Å². The predicted molar refractivity (Wildman–Crippen MR) is 104 cm³/mol. The summed E-state index contributed by atoms with van der Waals surface area (Å²) in [5.74, 6) is -0.454. The molecule has 4 heteroatoms. The van der Waals surface area contributed by atoms with Gasteiger partial charge in [-0.1, -0.05) is 91.0 Å². The molecule has 0 radical (unpaired) electrons. The van der Waals surface area contributed by atoms with E-state index in [4.69, 9.17) is 4.74 Å². The molecule has 0 aromatic heterocycles. The molecule has 0 heterocycles. The lowest BCUT2D eigenvalue weighted by molar-refractivity contribution is -0.738. The fraction of sp³-hybridized carbons (Fsp3) is 0.174. The Morgan fingerprint density at radius 2 is 1.22 bits per heavy atom. The van der Waals surface area contributed by atoms with Crippen LogP contribution in [-0.4, -0.2) is 30.8 Å². The Balaban J connectivity index is 2.27. The minimum atomic E-state index is -0.754. The van der Waals surface area contributed by atoms with Gasteiger partial charge < -0.3 is 15.2 Å². The third kappa shape index (κ3) is 3.77. The predicted octanol–water partition coefficient (Wildman–Crippen LogP) is 2.08. The van der Waals surface area contributed by atoms with E-state index in [-0.39, 0.29) is 6.61 Å². The van der Waals surface area contributed by atoms with Crippen molar-refractivity contribution in [2.24, 2.45) is 0 Å². The van der Waals surface area contributed by atoms with Gasteiger partial charge in [-0.15, -0.1) is 0 Å². The van der Waals surface area contributed by atoms with E-state index in [1.807, 2.05) is 96.3 Å². The molecule has 3 rings (SSSR count). The van der Waals surface area contributed by atoms with Crippen LogP contribution in [0.2, 0.25) is 0 Å². The molecule has 0 amide bonds. The molecule has 0 fully saturated rings. The smallest absolute Gasteiger partial charge is 0.367 e. The zero-order valence-corrected chi connectivity index (χ0v) is 15.3. The maximum atomic E-state index is 12.3. The molecule has 4 nitrogen and oxygen atoms in total. The van der Waals surface area contributed by atoms with Gasteiger partial charge in [-0.05, 0) is 0 Å². The zero-order valence-electron chi connectivity index (χ0n) is 15.3. The van der Waals surface area contributed by atoms with Crippen molar-refractivity contribution < 1.29 is 20.0 Å². The Bertz CT molecular complexity index is 754. The van der Waals surface area contributed by atoms with Crippen molar-refractivity contribution in [2.45, 2.75) is 11.6 Å². The molecular formula is C23H24NO3+. The Morgan fingerprint density at radius 1 is 0.852 bits per heavy atom. The van der Waals surface area contributed by atoms with Crippen molar-refractivity contribution in [2.75, 3.05) is 13.7 Å². The van der Waals surface area contributed by atoms with Crippen LogP contribution < -0.4 is 5.32 Å². The van der Waals surface area contributed by atoms with Crippen molar-refractivity contribution in [1.82, 2.24) is 0 Å². The van der Waals surface area contributed by atoms with E-state index in [9.17, 15) is 9.90 Å². The molecule has 0 saturated carbocycles. The molecule has 0 aliphatic heterocycles. The van der Waals surface area contributed by atoms with Gasteiger partial charge in [-0.2, -0.15) is 0 Å². The summed E-state index contributed by atoms with van der Waals surface area (Å²) in [7, 11) is 1.34. The van der Waals surface area contributed by atoms with Gasteiger partial charge in [-0.25, -0.2) is 4.79 Å². The number of nitrogens with two attached hydrogens (primary N) is 1. The van der Waals surface area contributed by atoms with Gasteiger partial charge in [0.25, 0.3) is 0 Å². The van der Waals surface area contributed by atoms with Gasteiger partial charge >= 0.3 is 5.97 Å². The first-order valence-corrected chi connectivity index (χ1v) is 8.93. The number of methoxy groups -OCH3 is 1. The summed E-state index contributed by atoms with van der Waals surface area (Å²) in [5, 5.41) is 11.8. The van der Waals surface area contributed by atoms with E-state index in [1.165, 1.54) is 7.11 Å². The van der Waals surface area contributed by atoms with Crippen LogP contribution in [0.4, 0.5) is 0 Å². The topological polar surface area (TPSA) is 63.1 Å². The summed E-state index contributed by atoms with van der Waals surface area (Å²) in [4.78, 5) is 12.3. The first-order valence-electron chi connectivity index (χ1n) is 8.93. The number of carbonyl (C=O) groups is 1. The highest BCUT2D eigenvalue weighted by Gasteiger charge is 2.44. The quantitative estimate of drug-likeness (QED) is 0.500. The number of ether oxygens (including phenoxy) is 1. The largest absolute Gasteiger partial charge is 0.465 e. The van der Waals surface area contributed by atoms with E-state index >= 15 is 0 Å². The summed E-state index contributed by atoms with van der Waals surface area (Å²) < 4.78 is 4.93. The normalized spacial score (nSPS) is 12.4. The molecule has 0 spiro atoms. The molecule has 0 aliphatic rings. The summed E-state index contributed by atoms with van der Waals surface area (Å²) in [6, 6.07) is 29.3. The number of quaternary nitrogens is 1. The number of hydrogen-bond donors (Lipinski definition) is 2. The van der Waals surface area contributed by atoms with Crippen LogP contribution in [0.25, 0.3) is 0 Å². The fourth-order valence-corrected chi connectivity index (χ4v) is 3.54. The van der Waals surface area contributed by atoms with Crippen molar-refractivity contribution in [3.05, 3.63) is 108 Å². The highest BCUT2D eigenvalue weighted by molar-refractivity contribution is 5.74. The summed E-state index contributed by atoms with van der Waals surface area (Å²) in [5.41, 5.74) is 2.35. The second-order valence-corrected chi connectivity index (χ2v) is 6.38. The van der Waals surface area contributed by atoms with Crippen LogP contribution in [-0.2, 0) is 15.1 Å². The van der Waals surface area contributed by atoms with E-state index in [0.29, 0.717) is 0 Å². The molecule has 3 N–H and O–H groups in total. The molecule has 27 heavy (non-hydrogen) atoms. The molecule has 0 bridgehead atoms. The zero-order chi connectivity index (χ0) is 19.1. The Kier molecular flexibility index (Phi) is 6.01. The third-order valence-electron chi connectivity index (χ3n) is 4.84. The molecule has 138 valence electrons. The molecule has 3 aromatic carbocycles. The van der Waals surface area contributed by atoms with Crippen molar-refractivity contribution in [1.29, 1.82) is 0 Å². The number of esters is 1. The molecule has 1 atom stereocenters. The minimum absolute atomic E-state index is 0.319. The lowest BCUT2D eigenvalue weighted by Crippen LogP contribution is -3.02. The summed E-state index contributed by atoms with van der Waals surface area (Å²) in [6.45, 7) is -0.319. The number of benzene rings is 3. The van der Waals surface area contributed by atoms with Crippen LogP contribution >= 0.6 is 0 Å². The number of aliphatic hydroxyl groups is 1. The standard InChI is InChI=1S/C23H23NO3/c1-27-22(26)21(17-25)24-23(18-11-5-2-6-12-18,19-13-7-3-8-14-19)20-15-9-4-10-16-20/h2-16,21,24-25H,17H2,1H3/p+1/t21-/m1/s1. The van der Waals surface area contributed by atoms with Gasteiger partial charge in [0, 0.05) is 16.7 Å². The molecule has 0 saturated heterocycles. The third-order valence-corrected chi connectivity index (χ3v) is 4.84. The minimum Gasteiger partial charge on any atom is -0.465 e. The molecule has 0 aliphatic carbocycles. The lowest BCUT2D eigenvalue weighted by Gasteiger charge is -2.35. The van der Waals surface area contributed by atoms with Gasteiger partial charge in [0.2, 0.25) is 6.04 Å². The first-order chi connectivity index (χ1) is 13.2. The molecule has 0 unspecified atom stereocenters. The van der Waals surface area contributed by atoms with E-state index < -0.39 is 17.6 Å². The lowest BCUT2D eigenvalue weighted by atomic mass is 9.76. The average molecular weight is 362 g/mol. The number of aliphatic hydroxyl groups excluding tert-OH is 1. The monoisotopic (exact) mass is 362 g/mol. The van der Waals surface area contributed by atoms with Gasteiger partial charge in [0.1, 0.15) is 6.61 Å². The fourth-order valence-electron chi connectivity index (χ4n) is 3.54. The first kappa shape index (κ1) is 18.8. The SMILES string of the molecule is COC(=O)[C@@H](CO)[NH2+]C(c1ccccc1)(c1ccccc1)c1ccccc1.